The molecule has 0 bridgehead atoms. The van der Waals surface area contributed by atoms with Crippen LogP contribution in [-0.4, -0.2) is 14.3 Å². The van der Waals surface area contributed by atoms with E-state index >= 15 is 0 Å². The first kappa shape index (κ1) is 18.0. The number of sulfonamides is 1. The summed E-state index contributed by atoms with van der Waals surface area (Å²) in [6.07, 6.45) is 2.76. The van der Waals surface area contributed by atoms with Crippen LogP contribution in [0.4, 0.5) is 11.4 Å². The maximum Gasteiger partial charge on any atom is 0.263 e. The minimum absolute atomic E-state index is 0.00279. The highest BCUT2D eigenvalue weighted by Crippen LogP contribution is 2.31. The van der Waals surface area contributed by atoms with E-state index in [1.165, 1.54) is 12.1 Å². The minimum Gasteiger partial charge on any atom is -0.326 e. The smallest absolute Gasteiger partial charge is 0.263 e. The van der Waals surface area contributed by atoms with Crippen LogP contribution in [0, 0.1) is 5.92 Å². The van der Waals surface area contributed by atoms with Crippen LogP contribution in [0.5, 0.6) is 0 Å². The average Bonchev–Trinajstić information content (AvgIpc) is 2.49. The Balaban J connectivity index is 1.86. The number of amides is 1. The fourth-order valence-corrected chi connectivity index (χ4v) is 4.29. The highest BCUT2D eigenvalue weighted by molar-refractivity contribution is 7.92. The molecule has 2 N–H and O–H groups in total. The molecule has 1 amide bonds. The molecule has 0 spiro atoms. The highest BCUT2D eigenvalue weighted by atomic mass is 35.5. The summed E-state index contributed by atoms with van der Waals surface area (Å²) in [6.45, 7) is 0. The average molecular weight is 399 g/mol. The summed E-state index contributed by atoms with van der Waals surface area (Å²) in [5.74, 6) is -0.104. The van der Waals surface area contributed by atoms with Gasteiger partial charge in [0.25, 0.3) is 10.0 Å². The first-order valence-electron chi connectivity index (χ1n) is 7.74. The molecule has 0 aliphatic heterocycles. The lowest BCUT2D eigenvalue weighted by Gasteiger charge is -2.24. The van der Waals surface area contributed by atoms with Crippen LogP contribution in [0.15, 0.2) is 47.4 Å². The van der Waals surface area contributed by atoms with Gasteiger partial charge in [0.1, 0.15) is 4.90 Å². The predicted octanol–water partition coefficient (Wildman–Crippen LogP) is 4.53. The maximum absolute atomic E-state index is 12.6. The lowest BCUT2D eigenvalue weighted by atomic mass is 9.85. The van der Waals surface area contributed by atoms with Crippen LogP contribution in [0.3, 0.4) is 0 Å². The van der Waals surface area contributed by atoms with Gasteiger partial charge >= 0.3 is 0 Å². The molecule has 0 atom stereocenters. The van der Waals surface area contributed by atoms with Gasteiger partial charge in [-0.1, -0.05) is 41.8 Å². The molecule has 1 fully saturated rings. The normalized spacial score (nSPS) is 14.6. The van der Waals surface area contributed by atoms with Gasteiger partial charge in [0.2, 0.25) is 5.91 Å². The first-order valence-corrected chi connectivity index (χ1v) is 9.98. The summed E-state index contributed by atoms with van der Waals surface area (Å²) >= 11 is 12.1. The topological polar surface area (TPSA) is 75.3 Å². The van der Waals surface area contributed by atoms with Crippen molar-refractivity contribution in [3.8, 4) is 0 Å². The van der Waals surface area contributed by atoms with Crippen molar-refractivity contribution in [2.45, 2.75) is 24.2 Å². The summed E-state index contributed by atoms with van der Waals surface area (Å²) in [7, 11) is -3.95. The second-order valence-corrected chi connectivity index (χ2v) is 8.31. The van der Waals surface area contributed by atoms with Crippen molar-refractivity contribution in [3.05, 3.63) is 52.5 Å². The second kappa shape index (κ2) is 7.23. The molecular weight excluding hydrogens is 383 g/mol. The van der Waals surface area contributed by atoms with Gasteiger partial charge in [-0.15, -0.1) is 0 Å². The number of hydrogen-bond donors (Lipinski definition) is 2. The third kappa shape index (κ3) is 4.08. The van der Waals surface area contributed by atoms with Gasteiger partial charge < -0.3 is 5.32 Å². The minimum atomic E-state index is -3.95. The number of hydrogen-bond acceptors (Lipinski definition) is 3. The SMILES string of the molecule is O=C(Nc1ccc(Cl)c(S(=O)(=O)Nc2ccccc2Cl)c1)C1CCC1. The van der Waals surface area contributed by atoms with E-state index in [2.05, 4.69) is 10.0 Å². The lowest BCUT2D eigenvalue weighted by Crippen LogP contribution is -2.28. The molecule has 1 aliphatic rings. The summed E-state index contributed by atoms with van der Waals surface area (Å²) in [6, 6.07) is 10.9. The third-order valence-electron chi connectivity index (χ3n) is 4.08. The molecule has 0 radical (unpaired) electrons. The number of halogens is 2. The largest absolute Gasteiger partial charge is 0.326 e. The molecule has 0 unspecified atom stereocenters. The molecule has 0 aromatic heterocycles. The van der Waals surface area contributed by atoms with Crippen LogP contribution in [0.25, 0.3) is 0 Å². The molecule has 8 heteroatoms. The lowest BCUT2D eigenvalue weighted by molar-refractivity contribution is -0.122. The molecule has 2 aromatic carbocycles. The Morgan fingerprint density at radius 2 is 1.76 bits per heavy atom. The van der Waals surface area contributed by atoms with Gasteiger partial charge in [0, 0.05) is 11.6 Å². The van der Waals surface area contributed by atoms with Crippen molar-refractivity contribution in [1.29, 1.82) is 0 Å². The van der Waals surface area contributed by atoms with Crippen molar-refractivity contribution in [1.82, 2.24) is 0 Å². The fourth-order valence-electron chi connectivity index (χ4n) is 2.45. The van der Waals surface area contributed by atoms with Crippen LogP contribution in [-0.2, 0) is 14.8 Å². The van der Waals surface area contributed by atoms with Crippen molar-refractivity contribution in [2.75, 3.05) is 10.0 Å². The Labute approximate surface area is 156 Å². The van der Waals surface area contributed by atoms with Crippen LogP contribution in [0.2, 0.25) is 10.0 Å². The van der Waals surface area contributed by atoms with Crippen molar-refractivity contribution >= 4 is 50.5 Å². The molecule has 0 heterocycles. The van der Waals surface area contributed by atoms with E-state index in [0.717, 1.165) is 19.3 Å². The van der Waals surface area contributed by atoms with Crippen molar-refractivity contribution in [3.63, 3.8) is 0 Å². The van der Waals surface area contributed by atoms with E-state index < -0.39 is 10.0 Å². The maximum atomic E-state index is 12.6. The molecule has 0 saturated heterocycles. The summed E-state index contributed by atoms with van der Waals surface area (Å²) in [4.78, 5) is 11.9. The van der Waals surface area contributed by atoms with Gasteiger partial charge in [-0.2, -0.15) is 0 Å². The van der Waals surface area contributed by atoms with E-state index in [-0.39, 0.29) is 32.5 Å². The van der Waals surface area contributed by atoms with Crippen molar-refractivity contribution < 1.29 is 13.2 Å². The van der Waals surface area contributed by atoms with Gasteiger partial charge in [0.05, 0.1) is 15.7 Å². The zero-order chi connectivity index (χ0) is 18.0. The number of carbonyl (C=O) groups is 1. The van der Waals surface area contributed by atoms with E-state index in [1.807, 2.05) is 0 Å². The summed E-state index contributed by atoms with van der Waals surface area (Å²) < 4.78 is 27.7. The summed E-state index contributed by atoms with van der Waals surface area (Å²) in [5, 5.41) is 3.07. The Morgan fingerprint density at radius 3 is 2.40 bits per heavy atom. The number of para-hydroxylation sites is 1. The Kier molecular flexibility index (Phi) is 5.22. The molecular formula is C17H16Cl2N2O3S. The van der Waals surface area contributed by atoms with Gasteiger partial charge in [-0.25, -0.2) is 8.42 Å². The van der Waals surface area contributed by atoms with Gasteiger partial charge in [-0.05, 0) is 43.2 Å². The highest BCUT2D eigenvalue weighted by Gasteiger charge is 2.26. The Bertz CT molecular complexity index is 912. The van der Waals surface area contributed by atoms with E-state index in [0.29, 0.717) is 5.69 Å². The van der Waals surface area contributed by atoms with E-state index in [9.17, 15) is 13.2 Å². The van der Waals surface area contributed by atoms with Crippen LogP contribution in [0.1, 0.15) is 19.3 Å². The number of nitrogens with one attached hydrogen (secondary N) is 2. The predicted molar refractivity (Wildman–Crippen MR) is 99.7 cm³/mol. The van der Waals surface area contributed by atoms with E-state index in [1.54, 1.807) is 30.3 Å². The molecule has 25 heavy (non-hydrogen) atoms. The zero-order valence-electron chi connectivity index (χ0n) is 13.1. The van der Waals surface area contributed by atoms with E-state index in [4.69, 9.17) is 23.2 Å². The fraction of sp³-hybridized carbons (Fsp3) is 0.235. The van der Waals surface area contributed by atoms with Crippen LogP contribution < -0.4 is 10.0 Å². The molecule has 132 valence electrons. The monoisotopic (exact) mass is 398 g/mol. The Morgan fingerprint density at radius 1 is 1.04 bits per heavy atom. The molecule has 5 nitrogen and oxygen atoms in total. The van der Waals surface area contributed by atoms with Crippen molar-refractivity contribution in [2.24, 2.45) is 5.92 Å². The number of carbonyl (C=O) groups excluding carboxylic acids is 1. The Hall–Kier alpha value is -1.76. The first-order chi connectivity index (χ1) is 11.9. The quantitative estimate of drug-likeness (QED) is 0.776. The zero-order valence-corrected chi connectivity index (χ0v) is 15.5. The van der Waals surface area contributed by atoms with Gasteiger partial charge in [-0.3, -0.25) is 9.52 Å². The molecule has 2 aromatic rings. The number of anilines is 2. The summed E-state index contributed by atoms with van der Waals surface area (Å²) in [5.41, 5.74) is 0.643. The van der Waals surface area contributed by atoms with Gasteiger partial charge in [0.15, 0.2) is 0 Å². The number of benzene rings is 2. The third-order valence-corrected chi connectivity index (χ3v) is 6.26. The molecule has 1 aliphatic carbocycles. The second-order valence-electron chi connectivity index (χ2n) is 5.85. The standard InChI is InChI=1S/C17H16Cl2N2O3S/c18-13-6-1-2-7-15(13)21-25(23,24)16-10-12(8-9-14(16)19)20-17(22)11-4-3-5-11/h1-2,6-11,21H,3-5H2,(H,20,22). The molecule has 1 saturated carbocycles. The molecule has 3 rings (SSSR count). The number of rotatable bonds is 5. The van der Waals surface area contributed by atoms with Crippen LogP contribution >= 0.6 is 23.2 Å².